The van der Waals surface area contributed by atoms with E-state index in [4.69, 9.17) is 5.11 Å². The van der Waals surface area contributed by atoms with Gasteiger partial charge in [-0.05, 0) is 37.3 Å². The monoisotopic (exact) mass is 276 g/mol. The van der Waals surface area contributed by atoms with Crippen LogP contribution >= 0.6 is 0 Å². The number of carboxylic acids is 1. The number of amides is 2. The summed E-state index contributed by atoms with van der Waals surface area (Å²) in [5.74, 6) is -0.310. The van der Waals surface area contributed by atoms with Crippen molar-refractivity contribution in [2.75, 3.05) is 18.0 Å². The highest BCUT2D eigenvalue weighted by Crippen LogP contribution is 2.28. The Morgan fingerprint density at radius 3 is 2.65 bits per heavy atom. The second-order valence-electron chi connectivity index (χ2n) is 5.21. The summed E-state index contributed by atoms with van der Waals surface area (Å²) in [4.78, 5) is 24.5. The Morgan fingerprint density at radius 1 is 1.35 bits per heavy atom. The van der Waals surface area contributed by atoms with Crippen molar-refractivity contribution in [2.24, 2.45) is 5.92 Å². The Balaban J connectivity index is 2.08. The second kappa shape index (κ2) is 6.41. The Bertz CT molecular complexity index is 498. The average Bonchev–Trinajstić information content (AvgIpc) is 3.22. The van der Waals surface area contributed by atoms with Crippen molar-refractivity contribution >= 4 is 17.7 Å². The van der Waals surface area contributed by atoms with Crippen LogP contribution in [-0.4, -0.2) is 30.2 Å². The van der Waals surface area contributed by atoms with Gasteiger partial charge in [-0.15, -0.1) is 0 Å². The fourth-order valence-corrected chi connectivity index (χ4v) is 2.05. The van der Waals surface area contributed by atoms with Crippen molar-refractivity contribution < 1.29 is 14.7 Å². The molecule has 0 saturated heterocycles. The Labute approximate surface area is 118 Å². The number of benzene rings is 1. The maximum Gasteiger partial charge on any atom is 0.321 e. The molecule has 2 rings (SSSR count). The quantitative estimate of drug-likeness (QED) is 0.838. The zero-order valence-corrected chi connectivity index (χ0v) is 11.6. The van der Waals surface area contributed by atoms with E-state index in [2.05, 4.69) is 5.32 Å². The first kappa shape index (κ1) is 14.4. The molecule has 1 aromatic carbocycles. The number of nitrogens with one attached hydrogen (secondary N) is 1. The molecule has 2 N–H and O–H groups in total. The lowest BCUT2D eigenvalue weighted by molar-refractivity contribution is -0.136. The van der Waals surface area contributed by atoms with Gasteiger partial charge in [-0.1, -0.05) is 18.2 Å². The third kappa shape index (κ3) is 3.98. The SMILES string of the molecule is Cc1ccccc1N(CCC(=O)O)C(=O)NCC1CC1. The number of anilines is 1. The first-order chi connectivity index (χ1) is 9.58. The molecule has 108 valence electrons. The number of aliphatic carboxylic acids is 1. The van der Waals surface area contributed by atoms with Gasteiger partial charge in [0.1, 0.15) is 0 Å². The topological polar surface area (TPSA) is 69.6 Å². The number of carbonyl (C=O) groups is 2. The third-order valence-electron chi connectivity index (χ3n) is 3.44. The number of aryl methyl sites for hydroxylation is 1. The molecule has 1 fully saturated rings. The molecule has 1 aliphatic carbocycles. The van der Waals surface area contributed by atoms with Gasteiger partial charge in [0, 0.05) is 18.8 Å². The summed E-state index contributed by atoms with van der Waals surface area (Å²) in [6.07, 6.45) is 2.27. The maximum absolute atomic E-state index is 12.3. The predicted octanol–water partition coefficient (Wildman–Crippen LogP) is 2.40. The third-order valence-corrected chi connectivity index (χ3v) is 3.44. The molecule has 0 heterocycles. The molecule has 0 spiro atoms. The smallest absolute Gasteiger partial charge is 0.321 e. The number of urea groups is 1. The van der Waals surface area contributed by atoms with Crippen LogP contribution in [-0.2, 0) is 4.79 Å². The number of para-hydroxylation sites is 1. The molecule has 0 aliphatic heterocycles. The first-order valence-electron chi connectivity index (χ1n) is 6.90. The van der Waals surface area contributed by atoms with Gasteiger partial charge < -0.3 is 10.4 Å². The van der Waals surface area contributed by atoms with E-state index in [-0.39, 0.29) is 19.0 Å². The van der Waals surface area contributed by atoms with Crippen LogP contribution in [0.1, 0.15) is 24.8 Å². The van der Waals surface area contributed by atoms with Crippen LogP contribution in [0.4, 0.5) is 10.5 Å². The summed E-state index contributed by atoms with van der Waals surface area (Å²) >= 11 is 0. The number of carbonyl (C=O) groups excluding carboxylic acids is 1. The van der Waals surface area contributed by atoms with Crippen molar-refractivity contribution in [3.63, 3.8) is 0 Å². The Kier molecular flexibility index (Phi) is 4.61. The van der Waals surface area contributed by atoms with Crippen molar-refractivity contribution in [2.45, 2.75) is 26.2 Å². The standard InChI is InChI=1S/C15H20N2O3/c1-11-4-2-3-5-13(11)17(9-8-14(18)19)15(20)16-10-12-6-7-12/h2-5,12H,6-10H2,1H3,(H,16,20)(H,18,19). The van der Waals surface area contributed by atoms with Crippen molar-refractivity contribution in [3.05, 3.63) is 29.8 Å². The lowest BCUT2D eigenvalue weighted by Gasteiger charge is -2.24. The lowest BCUT2D eigenvalue weighted by Crippen LogP contribution is -2.42. The van der Waals surface area contributed by atoms with Crippen LogP contribution in [0.3, 0.4) is 0 Å². The minimum atomic E-state index is -0.904. The highest BCUT2D eigenvalue weighted by Gasteiger charge is 2.24. The van der Waals surface area contributed by atoms with Crippen LogP contribution < -0.4 is 10.2 Å². The molecular formula is C15H20N2O3. The fraction of sp³-hybridized carbons (Fsp3) is 0.467. The largest absolute Gasteiger partial charge is 0.481 e. The van der Waals surface area contributed by atoms with Gasteiger partial charge in [0.2, 0.25) is 0 Å². The number of hydrogen-bond acceptors (Lipinski definition) is 2. The molecular weight excluding hydrogens is 256 g/mol. The van der Waals surface area contributed by atoms with E-state index < -0.39 is 5.97 Å². The molecule has 1 aliphatic rings. The fourth-order valence-electron chi connectivity index (χ4n) is 2.05. The van der Waals surface area contributed by atoms with Gasteiger partial charge >= 0.3 is 12.0 Å². The first-order valence-corrected chi connectivity index (χ1v) is 6.90. The average molecular weight is 276 g/mol. The van der Waals surface area contributed by atoms with Gasteiger partial charge in [-0.3, -0.25) is 9.69 Å². The zero-order valence-electron chi connectivity index (χ0n) is 11.6. The summed E-state index contributed by atoms with van der Waals surface area (Å²) in [5, 5.41) is 11.7. The molecule has 1 aromatic rings. The van der Waals surface area contributed by atoms with Crippen LogP contribution in [0, 0.1) is 12.8 Å². The molecule has 0 radical (unpaired) electrons. The number of hydrogen-bond donors (Lipinski definition) is 2. The molecule has 0 bridgehead atoms. The molecule has 0 atom stereocenters. The molecule has 0 unspecified atom stereocenters. The molecule has 0 aromatic heterocycles. The van der Waals surface area contributed by atoms with E-state index in [1.165, 1.54) is 17.7 Å². The van der Waals surface area contributed by atoms with Crippen molar-refractivity contribution in [1.29, 1.82) is 0 Å². The van der Waals surface area contributed by atoms with E-state index in [0.29, 0.717) is 12.5 Å². The van der Waals surface area contributed by atoms with Crippen LogP contribution in [0.25, 0.3) is 0 Å². The van der Waals surface area contributed by atoms with Crippen molar-refractivity contribution in [1.82, 2.24) is 5.32 Å². The molecule has 5 nitrogen and oxygen atoms in total. The van der Waals surface area contributed by atoms with Gasteiger partial charge in [0.05, 0.1) is 6.42 Å². The van der Waals surface area contributed by atoms with E-state index in [0.717, 1.165) is 11.3 Å². The second-order valence-corrected chi connectivity index (χ2v) is 5.21. The molecule has 20 heavy (non-hydrogen) atoms. The number of rotatable bonds is 6. The van der Waals surface area contributed by atoms with E-state index >= 15 is 0 Å². The van der Waals surface area contributed by atoms with E-state index in [1.807, 2.05) is 31.2 Å². The summed E-state index contributed by atoms with van der Waals surface area (Å²) in [6.45, 7) is 2.77. The predicted molar refractivity (Wildman–Crippen MR) is 76.9 cm³/mol. The van der Waals surface area contributed by atoms with Crippen LogP contribution in [0.15, 0.2) is 24.3 Å². The number of nitrogens with zero attached hydrogens (tertiary/aromatic N) is 1. The summed E-state index contributed by atoms with van der Waals surface area (Å²) in [7, 11) is 0. The van der Waals surface area contributed by atoms with Gasteiger partial charge in [-0.25, -0.2) is 4.79 Å². The summed E-state index contributed by atoms with van der Waals surface area (Å²) in [5.41, 5.74) is 1.72. The molecule has 1 saturated carbocycles. The Morgan fingerprint density at radius 2 is 2.05 bits per heavy atom. The minimum Gasteiger partial charge on any atom is -0.481 e. The minimum absolute atomic E-state index is 0.0643. The maximum atomic E-state index is 12.3. The highest BCUT2D eigenvalue weighted by atomic mass is 16.4. The van der Waals surface area contributed by atoms with Crippen LogP contribution in [0.5, 0.6) is 0 Å². The van der Waals surface area contributed by atoms with Gasteiger partial charge in [-0.2, -0.15) is 0 Å². The van der Waals surface area contributed by atoms with E-state index in [1.54, 1.807) is 0 Å². The number of carboxylic acid groups (broad SMARTS) is 1. The van der Waals surface area contributed by atoms with Gasteiger partial charge in [0.25, 0.3) is 0 Å². The van der Waals surface area contributed by atoms with E-state index in [9.17, 15) is 9.59 Å². The lowest BCUT2D eigenvalue weighted by atomic mass is 10.2. The normalized spacial score (nSPS) is 13.8. The zero-order chi connectivity index (χ0) is 14.5. The summed E-state index contributed by atoms with van der Waals surface area (Å²) in [6, 6.07) is 7.29. The summed E-state index contributed by atoms with van der Waals surface area (Å²) < 4.78 is 0. The molecule has 2 amide bonds. The van der Waals surface area contributed by atoms with Crippen LogP contribution in [0.2, 0.25) is 0 Å². The highest BCUT2D eigenvalue weighted by molar-refractivity contribution is 5.93. The molecule has 5 heteroatoms. The Hall–Kier alpha value is -2.04. The van der Waals surface area contributed by atoms with Crippen molar-refractivity contribution in [3.8, 4) is 0 Å². The van der Waals surface area contributed by atoms with Gasteiger partial charge in [0.15, 0.2) is 0 Å².